The van der Waals surface area contributed by atoms with Crippen molar-refractivity contribution in [2.75, 3.05) is 25.3 Å². The summed E-state index contributed by atoms with van der Waals surface area (Å²) in [7, 11) is 3.13. The first kappa shape index (κ1) is 18.8. The summed E-state index contributed by atoms with van der Waals surface area (Å²) in [6, 6.07) is 3.63. The zero-order chi connectivity index (χ0) is 17.5. The molecule has 9 heteroatoms. The lowest BCUT2D eigenvalue weighted by molar-refractivity contribution is -0.111. The minimum absolute atomic E-state index is 0.273. The third kappa shape index (κ3) is 4.96. The lowest BCUT2D eigenvalue weighted by atomic mass is 10.2. The van der Waals surface area contributed by atoms with Gasteiger partial charge >= 0.3 is 0 Å². The van der Waals surface area contributed by atoms with Gasteiger partial charge in [-0.05, 0) is 45.5 Å². The summed E-state index contributed by atoms with van der Waals surface area (Å²) in [6.07, 6.45) is 3.12. The van der Waals surface area contributed by atoms with Crippen molar-refractivity contribution in [2.24, 2.45) is 0 Å². The highest BCUT2D eigenvalue weighted by atomic mass is 79.9. The van der Waals surface area contributed by atoms with Crippen LogP contribution in [0.5, 0.6) is 11.5 Å². The van der Waals surface area contributed by atoms with Crippen LogP contribution in [0, 0.1) is 0 Å². The molecule has 0 atom stereocenters. The van der Waals surface area contributed by atoms with Gasteiger partial charge in [0.2, 0.25) is 11.0 Å². The van der Waals surface area contributed by atoms with Gasteiger partial charge in [0.1, 0.15) is 0 Å². The molecule has 0 fully saturated rings. The van der Waals surface area contributed by atoms with Gasteiger partial charge in [-0.1, -0.05) is 30.0 Å². The average Bonchev–Trinajstić information content (AvgIpc) is 2.99. The Morgan fingerprint density at radius 3 is 2.83 bits per heavy atom. The van der Waals surface area contributed by atoms with Gasteiger partial charge in [-0.3, -0.25) is 10.1 Å². The fourth-order valence-corrected chi connectivity index (χ4v) is 4.07. The van der Waals surface area contributed by atoms with Crippen LogP contribution in [0.4, 0.5) is 5.13 Å². The standard InChI is InChI=1S/C15H16BrN3O3S2/c1-4-23-15-19-18-14(24-15)17-12(20)6-5-9-7-10(16)13(22-3)11(8-9)21-2/h5-8H,4H2,1-3H3,(H,17,18,20)/b6-5+. The van der Waals surface area contributed by atoms with Crippen molar-refractivity contribution in [1.82, 2.24) is 10.2 Å². The zero-order valence-corrected chi connectivity index (χ0v) is 16.5. The number of nitrogens with one attached hydrogen (secondary N) is 1. The Morgan fingerprint density at radius 2 is 2.17 bits per heavy atom. The molecule has 0 saturated heterocycles. The van der Waals surface area contributed by atoms with Gasteiger partial charge in [-0.25, -0.2) is 0 Å². The normalized spacial score (nSPS) is 10.8. The second-order valence-electron chi connectivity index (χ2n) is 4.37. The van der Waals surface area contributed by atoms with Gasteiger partial charge in [0, 0.05) is 6.08 Å². The van der Waals surface area contributed by atoms with Gasteiger partial charge in [-0.2, -0.15) is 0 Å². The van der Waals surface area contributed by atoms with E-state index in [0.717, 1.165) is 20.1 Å². The number of anilines is 1. The van der Waals surface area contributed by atoms with E-state index in [1.165, 1.54) is 17.4 Å². The van der Waals surface area contributed by atoms with Crippen LogP contribution in [0.2, 0.25) is 0 Å². The Bertz CT molecular complexity index is 750. The first-order chi connectivity index (χ1) is 11.6. The van der Waals surface area contributed by atoms with Crippen LogP contribution in [-0.4, -0.2) is 36.1 Å². The van der Waals surface area contributed by atoms with E-state index >= 15 is 0 Å². The van der Waals surface area contributed by atoms with E-state index in [4.69, 9.17) is 9.47 Å². The van der Waals surface area contributed by atoms with E-state index in [9.17, 15) is 4.79 Å². The van der Waals surface area contributed by atoms with Gasteiger partial charge < -0.3 is 9.47 Å². The second kappa shape index (κ2) is 9.05. The third-order valence-corrected chi connectivity index (χ3v) is 5.23. The Balaban J connectivity index is 2.06. The van der Waals surface area contributed by atoms with Crippen molar-refractivity contribution in [3.8, 4) is 11.5 Å². The maximum Gasteiger partial charge on any atom is 0.250 e. The number of ether oxygens (including phenoxy) is 2. The van der Waals surface area contributed by atoms with Crippen molar-refractivity contribution in [3.63, 3.8) is 0 Å². The van der Waals surface area contributed by atoms with Gasteiger partial charge in [-0.15, -0.1) is 10.2 Å². The minimum Gasteiger partial charge on any atom is -0.493 e. The van der Waals surface area contributed by atoms with Crippen molar-refractivity contribution in [2.45, 2.75) is 11.3 Å². The van der Waals surface area contributed by atoms with Crippen LogP contribution in [0.25, 0.3) is 6.08 Å². The topological polar surface area (TPSA) is 73.3 Å². The Morgan fingerprint density at radius 1 is 1.38 bits per heavy atom. The van der Waals surface area contributed by atoms with Crippen LogP contribution in [-0.2, 0) is 4.79 Å². The first-order valence-electron chi connectivity index (χ1n) is 6.94. The lowest BCUT2D eigenvalue weighted by Gasteiger charge is -2.10. The first-order valence-corrected chi connectivity index (χ1v) is 9.53. The maximum absolute atomic E-state index is 12.0. The van der Waals surface area contributed by atoms with Gasteiger partial charge in [0.15, 0.2) is 15.8 Å². The van der Waals surface area contributed by atoms with Crippen LogP contribution in [0.3, 0.4) is 0 Å². The molecule has 1 heterocycles. The maximum atomic E-state index is 12.0. The summed E-state index contributed by atoms with van der Waals surface area (Å²) in [4.78, 5) is 12.0. The molecule has 0 unspecified atom stereocenters. The molecule has 128 valence electrons. The molecule has 1 amide bonds. The highest BCUT2D eigenvalue weighted by molar-refractivity contribution is 9.10. The fraction of sp³-hybridized carbons (Fsp3) is 0.267. The third-order valence-electron chi connectivity index (χ3n) is 2.79. The molecular weight excluding hydrogens is 414 g/mol. The van der Waals surface area contributed by atoms with Crippen LogP contribution >= 0.6 is 39.0 Å². The molecule has 1 N–H and O–H groups in total. The predicted molar refractivity (Wildman–Crippen MR) is 101 cm³/mol. The summed E-state index contributed by atoms with van der Waals surface area (Å²) in [5.41, 5.74) is 0.800. The summed E-state index contributed by atoms with van der Waals surface area (Å²) < 4.78 is 12.1. The van der Waals surface area contributed by atoms with E-state index in [1.807, 2.05) is 13.0 Å². The number of carbonyl (C=O) groups excluding carboxylic acids is 1. The molecule has 0 aliphatic rings. The van der Waals surface area contributed by atoms with Crippen molar-refractivity contribution in [1.29, 1.82) is 0 Å². The largest absolute Gasteiger partial charge is 0.493 e. The highest BCUT2D eigenvalue weighted by Crippen LogP contribution is 2.36. The average molecular weight is 430 g/mol. The van der Waals surface area contributed by atoms with Gasteiger partial charge in [0.05, 0.1) is 18.7 Å². The molecule has 2 aromatic rings. The summed E-state index contributed by atoms with van der Waals surface area (Å²) in [6.45, 7) is 2.04. The van der Waals surface area contributed by atoms with E-state index in [2.05, 4.69) is 31.4 Å². The Hall–Kier alpha value is -1.58. The zero-order valence-electron chi connectivity index (χ0n) is 13.3. The van der Waals surface area contributed by atoms with E-state index in [0.29, 0.717) is 16.6 Å². The molecule has 24 heavy (non-hydrogen) atoms. The number of halogens is 1. The molecule has 0 radical (unpaired) electrons. The number of aromatic nitrogens is 2. The van der Waals surface area contributed by atoms with Crippen molar-refractivity contribution in [3.05, 3.63) is 28.2 Å². The van der Waals surface area contributed by atoms with Crippen LogP contribution in [0.15, 0.2) is 27.0 Å². The molecule has 0 spiro atoms. The quantitative estimate of drug-likeness (QED) is 0.406. The number of methoxy groups -OCH3 is 2. The molecular formula is C15H16BrN3O3S2. The SMILES string of the molecule is CCSc1nnc(NC(=O)/C=C/c2cc(Br)c(OC)c(OC)c2)s1. The molecule has 0 aliphatic heterocycles. The molecule has 6 nitrogen and oxygen atoms in total. The minimum atomic E-state index is -0.273. The highest BCUT2D eigenvalue weighted by Gasteiger charge is 2.10. The van der Waals surface area contributed by atoms with Gasteiger partial charge in [0.25, 0.3) is 0 Å². The summed E-state index contributed by atoms with van der Waals surface area (Å²) in [5, 5.41) is 11.1. The predicted octanol–water partition coefficient (Wildman–Crippen LogP) is 4.08. The molecule has 1 aromatic carbocycles. The van der Waals surface area contributed by atoms with E-state index < -0.39 is 0 Å². The smallest absolute Gasteiger partial charge is 0.250 e. The van der Waals surface area contributed by atoms with Crippen LogP contribution < -0.4 is 14.8 Å². The second-order valence-corrected chi connectivity index (χ2v) is 7.71. The molecule has 1 aromatic heterocycles. The molecule has 0 saturated carbocycles. The number of benzene rings is 1. The van der Waals surface area contributed by atoms with Crippen molar-refractivity contribution >= 4 is 56.1 Å². The monoisotopic (exact) mass is 429 g/mol. The number of amides is 1. The van der Waals surface area contributed by atoms with Crippen molar-refractivity contribution < 1.29 is 14.3 Å². The number of hydrogen-bond donors (Lipinski definition) is 1. The number of rotatable bonds is 7. The summed E-state index contributed by atoms with van der Waals surface area (Å²) in [5.74, 6) is 1.83. The number of nitrogens with zero attached hydrogens (tertiary/aromatic N) is 2. The molecule has 0 aliphatic carbocycles. The van der Waals surface area contributed by atoms with E-state index in [1.54, 1.807) is 38.1 Å². The Kier molecular flexibility index (Phi) is 7.07. The summed E-state index contributed by atoms with van der Waals surface area (Å²) >= 11 is 6.36. The van der Waals surface area contributed by atoms with E-state index in [-0.39, 0.29) is 5.91 Å². The number of hydrogen-bond acceptors (Lipinski definition) is 7. The molecule has 2 rings (SSSR count). The van der Waals surface area contributed by atoms with Crippen LogP contribution in [0.1, 0.15) is 12.5 Å². The number of thioether (sulfide) groups is 1. The lowest BCUT2D eigenvalue weighted by Crippen LogP contribution is -2.07. The molecule has 0 bridgehead atoms. The number of carbonyl (C=O) groups is 1. The Labute approximate surface area is 156 Å². The fourth-order valence-electron chi connectivity index (χ4n) is 1.80.